The number of hydrogen-bond donors (Lipinski definition) is 1. The van der Waals surface area contributed by atoms with Crippen molar-refractivity contribution in [1.29, 1.82) is 0 Å². The molecule has 1 amide bonds. The molecule has 0 fully saturated rings. The van der Waals surface area contributed by atoms with E-state index in [1.165, 1.54) is 23.0 Å². The van der Waals surface area contributed by atoms with Gasteiger partial charge in [-0.15, -0.1) is 11.3 Å². The Balaban J connectivity index is 1.88. The SMILES string of the molecule is CCOC(=O)c1c(-c2ccc(CC)cc2)csc1NC(=O)/C=C/c1cc(OC)ccc1OC. The van der Waals surface area contributed by atoms with Crippen LogP contribution in [0.3, 0.4) is 0 Å². The second kappa shape index (κ2) is 11.3. The van der Waals surface area contributed by atoms with Crippen LogP contribution in [0.4, 0.5) is 5.00 Å². The first-order valence-electron chi connectivity index (χ1n) is 10.6. The van der Waals surface area contributed by atoms with Crippen molar-refractivity contribution in [2.45, 2.75) is 20.3 Å². The van der Waals surface area contributed by atoms with Crippen LogP contribution in [0.25, 0.3) is 17.2 Å². The molecule has 0 aliphatic carbocycles. The number of rotatable bonds is 9. The van der Waals surface area contributed by atoms with Crippen molar-refractivity contribution in [1.82, 2.24) is 0 Å². The van der Waals surface area contributed by atoms with E-state index < -0.39 is 5.97 Å². The number of nitrogens with one attached hydrogen (secondary N) is 1. The number of anilines is 1. The van der Waals surface area contributed by atoms with Gasteiger partial charge in [-0.2, -0.15) is 0 Å². The fraction of sp³-hybridized carbons (Fsp3) is 0.231. The van der Waals surface area contributed by atoms with Crippen LogP contribution >= 0.6 is 11.3 Å². The summed E-state index contributed by atoms with van der Waals surface area (Å²) < 4.78 is 15.9. The summed E-state index contributed by atoms with van der Waals surface area (Å²) in [6.07, 6.45) is 3.96. The average Bonchev–Trinajstić information content (AvgIpc) is 3.26. The number of carbonyl (C=O) groups is 2. The monoisotopic (exact) mass is 465 g/mol. The summed E-state index contributed by atoms with van der Waals surface area (Å²) in [6, 6.07) is 13.3. The minimum atomic E-state index is -0.470. The van der Waals surface area contributed by atoms with Gasteiger partial charge in [0.2, 0.25) is 5.91 Å². The molecule has 1 N–H and O–H groups in total. The molecule has 1 heterocycles. The normalized spacial score (nSPS) is 10.8. The van der Waals surface area contributed by atoms with Crippen LogP contribution in [-0.4, -0.2) is 32.7 Å². The molecule has 0 aliphatic rings. The van der Waals surface area contributed by atoms with Crippen molar-refractivity contribution >= 4 is 34.3 Å². The second-order valence-electron chi connectivity index (χ2n) is 7.05. The van der Waals surface area contributed by atoms with Crippen molar-refractivity contribution < 1.29 is 23.8 Å². The first kappa shape index (κ1) is 24.1. The second-order valence-corrected chi connectivity index (χ2v) is 7.93. The lowest BCUT2D eigenvalue weighted by molar-refractivity contribution is -0.111. The van der Waals surface area contributed by atoms with E-state index in [1.807, 2.05) is 29.6 Å². The lowest BCUT2D eigenvalue weighted by Gasteiger charge is -2.09. The van der Waals surface area contributed by atoms with Crippen molar-refractivity contribution in [3.63, 3.8) is 0 Å². The van der Waals surface area contributed by atoms with E-state index in [2.05, 4.69) is 12.2 Å². The van der Waals surface area contributed by atoms with E-state index in [-0.39, 0.29) is 12.5 Å². The first-order valence-corrected chi connectivity index (χ1v) is 11.5. The van der Waals surface area contributed by atoms with Gasteiger partial charge in [-0.25, -0.2) is 4.79 Å². The fourth-order valence-corrected chi connectivity index (χ4v) is 4.24. The van der Waals surface area contributed by atoms with Crippen LogP contribution in [0.2, 0.25) is 0 Å². The maximum atomic E-state index is 12.7. The Morgan fingerprint density at radius 2 is 1.79 bits per heavy atom. The Morgan fingerprint density at radius 3 is 2.42 bits per heavy atom. The van der Waals surface area contributed by atoms with Crippen LogP contribution in [0.5, 0.6) is 11.5 Å². The molecule has 0 bridgehead atoms. The van der Waals surface area contributed by atoms with Gasteiger partial charge < -0.3 is 19.5 Å². The lowest BCUT2D eigenvalue weighted by Crippen LogP contribution is -2.12. The molecule has 0 saturated carbocycles. The van der Waals surface area contributed by atoms with Gasteiger partial charge in [0, 0.05) is 22.6 Å². The smallest absolute Gasteiger partial charge is 0.341 e. The Bertz CT molecular complexity index is 1150. The van der Waals surface area contributed by atoms with E-state index in [0.717, 1.165) is 17.5 Å². The quantitative estimate of drug-likeness (QED) is 0.318. The number of carbonyl (C=O) groups excluding carboxylic acids is 2. The number of aryl methyl sites for hydroxylation is 1. The van der Waals surface area contributed by atoms with Gasteiger partial charge in [-0.3, -0.25) is 4.79 Å². The zero-order valence-corrected chi connectivity index (χ0v) is 20.0. The minimum absolute atomic E-state index is 0.242. The van der Waals surface area contributed by atoms with Gasteiger partial charge in [0.1, 0.15) is 22.1 Å². The molecule has 0 spiro atoms. The number of ether oxygens (including phenoxy) is 3. The van der Waals surface area contributed by atoms with Crippen molar-refractivity contribution in [2.75, 3.05) is 26.1 Å². The molecule has 1 aromatic heterocycles. The molecule has 0 saturated heterocycles. The fourth-order valence-electron chi connectivity index (χ4n) is 3.28. The van der Waals surface area contributed by atoms with Crippen LogP contribution < -0.4 is 14.8 Å². The molecular weight excluding hydrogens is 438 g/mol. The number of hydrogen-bond acceptors (Lipinski definition) is 6. The first-order chi connectivity index (χ1) is 16.0. The predicted octanol–water partition coefficient (Wildman–Crippen LogP) is 5.82. The topological polar surface area (TPSA) is 73.9 Å². The van der Waals surface area contributed by atoms with Crippen molar-refractivity contribution in [2.24, 2.45) is 0 Å². The number of esters is 1. The molecule has 2 aromatic carbocycles. The highest BCUT2D eigenvalue weighted by Gasteiger charge is 2.22. The highest BCUT2D eigenvalue weighted by molar-refractivity contribution is 7.15. The van der Waals surface area contributed by atoms with E-state index in [4.69, 9.17) is 14.2 Å². The maximum Gasteiger partial charge on any atom is 0.341 e. The summed E-state index contributed by atoms with van der Waals surface area (Å²) >= 11 is 1.29. The highest BCUT2D eigenvalue weighted by Crippen LogP contribution is 2.36. The number of benzene rings is 2. The van der Waals surface area contributed by atoms with Crippen LogP contribution in [-0.2, 0) is 16.0 Å². The number of methoxy groups -OCH3 is 2. The molecule has 0 radical (unpaired) electrons. The standard InChI is InChI=1S/C26H27NO5S/c1-5-17-7-9-18(10-8-17)21-16-33-25(24(21)26(29)32-6-2)27-23(28)14-11-19-15-20(30-3)12-13-22(19)31-4/h7-16H,5-6H2,1-4H3,(H,27,28)/b14-11+. The Kier molecular flexibility index (Phi) is 8.27. The summed E-state index contributed by atoms with van der Waals surface area (Å²) in [7, 11) is 3.13. The zero-order chi connectivity index (χ0) is 23.8. The molecule has 7 heteroatoms. The van der Waals surface area contributed by atoms with Gasteiger partial charge in [0.25, 0.3) is 0 Å². The van der Waals surface area contributed by atoms with Crippen LogP contribution in [0.15, 0.2) is 53.9 Å². The van der Waals surface area contributed by atoms with Crippen LogP contribution in [0, 0.1) is 0 Å². The average molecular weight is 466 g/mol. The summed E-state index contributed by atoms with van der Waals surface area (Å²) in [5.41, 5.74) is 3.88. The van der Waals surface area contributed by atoms with E-state index in [1.54, 1.807) is 45.4 Å². The highest BCUT2D eigenvalue weighted by atomic mass is 32.1. The van der Waals surface area contributed by atoms with E-state index in [0.29, 0.717) is 27.6 Å². The Labute approximate surface area is 197 Å². The largest absolute Gasteiger partial charge is 0.497 e. The van der Waals surface area contributed by atoms with Crippen molar-refractivity contribution in [3.05, 3.63) is 70.6 Å². The van der Waals surface area contributed by atoms with Gasteiger partial charge in [0.05, 0.1) is 20.8 Å². The summed E-state index contributed by atoms with van der Waals surface area (Å²) in [5.74, 6) is 0.417. The third kappa shape index (κ3) is 5.81. The van der Waals surface area contributed by atoms with Crippen LogP contribution in [0.1, 0.15) is 35.3 Å². The molecule has 0 unspecified atom stereocenters. The maximum absolute atomic E-state index is 12.7. The van der Waals surface area contributed by atoms with Gasteiger partial charge in [0.15, 0.2) is 0 Å². The van der Waals surface area contributed by atoms with Gasteiger partial charge in [-0.05, 0) is 48.7 Å². The van der Waals surface area contributed by atoms with E-state index >= 15 is 0 Å². The van der Waals surface area contributed by atoms with E-state index in [9.17, 15) is 9.59 Å². The Hall–Kier alpha value is -3.58. The molecular formula is C26H27NO5S. The zero-order valence-electron chi connectivity index (χ0n) is 19.1. The summed E-state index contributed by atoms with van der Waals surface area (Å²) in [6.45, 7) is 4.08. The lowest BCUT2D eigenvalue weighted by atomic mass is 10.0. The Morgan fingerprint density at radius 1 is 1.03 bits per heavy atom. The molecule has 3 rings (SSSR count). The molecule has 33 heavy (non-hydrogen) atoms. The minimum Gasteiger partial charge on any atom is -0.497 e. The third-order valence-electron chi connectivity index (χ3n) is 5.03. The molecule has 0 aliphatic heterocycles. The molecule has 6 nitrogen and oxygen atoms in total. The van der Waals surface area contributed by atoms with Gasteiger partial charge in [-0.1, -0.05) is 31.2 Å². The summed E-state index contributed by atoms with van der Waals surface area (Å²) in [4.78, 5) is 25.4. The molecule has 0 atom stereocenters. The number of thiophene rings is 1. The molecule has 172 valence electrons. The summed E-state index contributed by atoms with van der Waals surface area (Å²) in [5, 5.41) is 5.12. The third-order valence-corrected chi connectivity index (χ3v) is 5.93. The number of amides is 1. The molecule has 3 aromatic rings. The van der Waals surface area contributed by atoms with Gasteiger partial charge >= 0.3 is 5.97 Å². The van der Waals surface area contributed by atoms with Crippen molar-refractivity contribution in [3.8, 4) is 22.6 Å². The predicted molar refractivity (Wildman–Crippen MR) is 132 cm³/mol.